The molecule has 1 atom stereocenters. The van der Waals surface area contributed by atoms with Gasteiger partial charge >= 0.3 is 0 Å². The van der Waals surface area contributed by atoms with E-state index in [-0.39, 0.29) is 5.91 Å². The fraction of sp³-hybridized carbons (Fsp3) is 0.750. The maximum Gasteiger partial charge on any atom is 0.237 e. The molecule has 1 rings (SSSR count). The second kappa shape index (κ2) is 5.95. The predicted molar refractivity (Wildman–Crippen MR) is 70.0 cm³/mol. The second-order valence-electron chi connectivity index (χ2n) is 4.80. The molecule has 0 saturated carbocycles. The van der Waals surface area contributed by atoms with Crippen LogP contribution < -0.4 is 11.1 Å². The van der Waals surface area contributed by atoms with Crippen molar-refractivity contribution in [2.24, 2.45) is 5.73 Å². The third-order valence-corrected chi connectivity index (χ3v) is 3.10. The molecule has 1 aromatic heterocycles. The van der Waals surface area contributed by atoms with Gasteiger partial charge in [0.2, 0.25) is 5.91 Å². The van der Waals surface area contributed by atoms with Crippen molar-refractivity contribution in [2.45, 2.75) is 52.6 Å². The summed E-state index contributed by atoms with van der Waals surface area (Å²) in [5, 5.41) is 7.48. The number of hydrogen-bond donors (Lipinski definition) is 2. The third kappa shape index (κ3) is 3.53. The molecule has 1 unspecified atom stereocenters. The average molecular weight is 253 g/mol. The van der Waals surface area contributed by atoms with Gasteiger partial charge in [-0.1, -0.05) is 6.92 Å². The topological polar surface area (TPSA) is 85.8 Å². The summed E-state index contributed by atoms with van der Waals surface area (Å²) in [7, 11) is 0. The van der Waals surface area contributed by atoms with Crippen molar-refractivity contribution in [1.29, 1.82) is 0 Å². The number of nitrogens with zero attached hydrogens (tertiary/aromatic N) is 3. The number of hydrogen-bond acceptors (Lipinski definition) is 4. The molecule has 0 radical (unpaired) electrons. The van der Waals surface area contributed by atoms with E-state index in [0.29, 0.717) is 13.0 Å². The molecule has 1 heterocycles. The summed E-state index contributed by atoms with van der Waals surface area (Å²) < 4.78 is 1.81. The Morgan fingerprint density at radius 3 is 2.61 bits per heavy atom. The standard InChI is InChI=1S/C12H23N5O/c1-5-7-14-12(4,11(13)18)6-8-17-10(3)15-9(2)16-17/h14H,5-8H2,1-4H3,(H2,13,18). The molecule has 6 nitrogen and oxygen atoms in total. The Kier molecular flexibility index (Phi) is 4.84. The molecule has 1 amide bonds. The Labute approximate surface area is 108 Å². The van der Waals surface area contributed by atoms with Crippen LogP contribution in [0.2, 0.25) is 0 Å². The Morgan fingerprint density at radius 1 is 1.50 bits per heavy atom. The van der Waals surface area contributed by atoms with Crippen LogP contribution in [0.25, 0.3) is 0 Å². The lowest BCUT2D eigenvalue weighted by Gasteiger charge is -2.27. The molecule has 0 aliphatic rings. The molecule has 1 aromatic rings. The molecule has 18 heavy (non-hydrogen) atoms. The number of primary amides is 1. The van der Waals surface area contributed by atoms with Crippen LogP contribution in [0.5, 0.6) is 0 Å². The number of nitrogens with two attached hydrogens (primary N) is 1. The fourth-order valence-electron chi connectivity index (χ4n) is 1.80. The number of aromatic nitrogens is 3. The first-order chi connectivity index (χ1) is 8.39. The first kappa shape index (κ1) is 14.6. The molecule has 0 bridgehead atoms. The van der Waals surface area contributed by atoms with E-state index in [0.717, 1.165) is 24.6 Å². The van der Waals surface area contributed by atoms with Crippen LogP contribution in [0, 0.1) is 13.8 Å². The molecule has 0 aliphatic carbocycles. The highest BCUT2D eigenvalue weighted by atomic mass is 16.1. The number of rotatable bonds is 7. The molecule has 102 valence electrons. The molecule has 0 fully saturated rings. The van der Waals surface area contributed by atoms with E-state index in [1.54, 1.807) is 0 Å². The zero-order valence-electron chi connectivity index (χ0n) is 11.7. The van der Waals surface area contributed by atoms with Gasteiger partial charge in [-0.15, -0.1) is 0 Å². The number of amides is 1. The minimum Gasteiger partial charge on any atom is -0.368 e. The average Bonchev–Trinajstić information content (AvgIpc) is 2.62. The summed E-state index contributed by atoms with van der Waals surface area (Å²) in [5.41, 5.74) is 4.78. The lowest BCUT2D eigenvalue weighted by molar-refractivity contribution is -0.124. The van der Waals surface area contributed by atoms with E-state index in [9.17, 15) is 4.79 Å². The van der Waals surface area contributed by atoms with E-state index in [2.05, 4.69) is 22.3 Å². The molecule has 0 spiro atoms. The van der Waals surface area contributed by atoms with Crippen LogP contribution >= 0.6 is 0 Å². The Balaban J connectivity index is 2.68. The van der Waals surface area contributed by atoms with Crippen LogP contribution in [-0.2, 0) is 11.3 Å². The summed E-state index contributed by atoms with van der Waals surface area (Å²) in [6.07, 6.45) is 1.57. The normalized spacial score (nSPS) is 14.4. The van der Waals surface area contributed by atoms with Crippen LogP contribution in [0.3, 0.4) is 0 Å². The minimum absolute atomic E-state index is 0.328. The molecular formula is C12H23N5O. The van der Waals surface area contributed by atoms with Crippen molar-refractivity contribution >= 4 is 5.91 Å². The number of nitrogens with one attached hydrogen (secondary N) is 1. The van der Waals surface area contributed by atoms with Gasteiger partial charge in [-0.05, 0) is 40.2 Å². The minimum atomic E-state index is -0.692. The highest BCUT2D eigenvalue weighted by Crippen LogP contribution is 2.11. The second-order valence-corrected chi connectivity index (χ2v) is 4.80. The van der Waals surface area contributed by atoms with Gasteiger partial charge in [-0.2, -0.15) is 5.10 Å². The van der Waals surface area contributed by atoms with Crippen molar-refractivity contribution in [3.63, 3.8) is 0 Å². The van der Waals surface area contributed by atoms with Crippen molar-refractivity contribution in [1.82, 2.24) is 20.1 Å². The van der Waals surface area contributed by atoms with Gasteiger partial charge in [0.25, 0.3) is 0 Å². The summed E-state index contributed by atoms with van der Waals surface area (Å²) in [6, 6.07) is 0. The monoisotopic (exact) mass is 253 g/mol. The van der Waals surface area contributed by atoms with Crippen LogP contribution in [0.4, 0.5) is 0 Å². The van der Waals surface area contributed by atoms with Crippen molar-refractivity contribution in [3.8, 4) is 0 Å². The summed E-state index contributed by atoms with van der Waals surface area (Å²) in [6.45, 7) is 9.05. The molecule has 6 heteroatoms. The van der Waals surface area contributed by atoms with Gasteiger partial charge in [0.15, 0.2) is 0 Å². The number of aryl methyl sites for hydroxylation is 3. The van der Waals surface area contributed by atoms with E-state index >= 15 is 0 Å². The van der Waals surface area contributed by atoms with Gasteiger partial charge in [0, 0.05) is 6.54 Å². The summed E-state index contributed by atoms with van der Waals surface area (Å²) in [4.78, 5) is 15.8. The van der Waals surface area contributed by atoms with E-state index in [4.69, 9.17) is 5.73 Å². The van der Waals surface area contributed by atoms with Crippen molar-refractivity contribution in [3.05, 3.63) is 11.6 Å². The van der Waals surface area contributed by atoms with Crippen molar-refractivity contribution in [2.75, 3.05) is 6.54 Å². The highest BCUT2D eigenvalue weighted by molar-refractivity contribution is 5.84. The van der Waals surface area contributed by atoms with Crippen LogP contribution in [-0.4, -0.2) is 32.8 Å². The summed E-state index contributed by atoms with van der Waals surface area (Å²) >= 11 is 0. The largest absolute Gasteiger partial charge is 0.368 e. The number of carbonyl (C=O) groups is 1. The maximum absolute atomic E-state index is 11.6. The quantitative estimate of drug-likeness (QED) is 0.742. The van der Waals surface area contributed by atoms with E-state index in [1.807, 2.05) is 25.5 Å². The lowest BCUT2D eigenvalue weighted by atomic mass is 9.96. The Hall–Kier alpha value is -1.43. The van der Waals surface area contributed by atoms with Gasteiger partial charge < -0.3 is 11.1 Å². The Morgan fingerprint density at radius 2 is 2.17 bits per heavy atom. The summed E-state index contributed by atoms with van der Waals surface area (Å²) in [5.74, 6) is 1.27. The van der Waals surface area contributed by atoms with E-state index < -0.39 is 5.54 Å². The molecule has 0 aliphatic heterocycles. The molecule has 3 N–H and O–H groups in total. The lowest BCUT2D eigenvalue weighted by Crippen LogP contribution is -2.53. The first-order valence-corrected chi connectivity index (χ1v) is 6.32. The molecule has 0 saturated heterocycles. The smallest absolute Gasteiger partial charge is 0.237 e. The Bertz CT molecular complexity index is 415. The fourth-order valence-corrected chi connectivity index (χ4v) is 1.80. The maximum atomic E-state index is 11.6. The van der Waals surface area contributed by atoms with Gasteiger partial charge in [-0.3, -0.25) is 9.48 Å². The van der Waals surface area contributed by atoms with Crippen LogP contribution in [0.15, 0.2) is 0 Å². The first-order valence-electron chi connectivity index (χ1n) is 6.32. The third-order valence-electron chi connectivity index (χ3n) is 3.10. The van der Waals surface area contributed by atoms with Gasteiger partial charge in [0.05, 0.1) is 5.54 Å². The predicted octanol–water partition coefficient (Wildman–Crippen LogP) is 0.529. The van der Waals surface area contributed by atoms with Crippen molar-refractivity contribution < 1.29 is 4.79 Å². The van der Waals surface area contributed by atoms with E-state index in [1.165, 1.54) is 0 Å². The SMILES string of the molecule is CCCNC(C)(CCn1nc(C)nc1C)C(N)=O. The van der Waals surface area contributed by atoms with Gasteiger partial charge in [-0.25, -0.2) is 4.98 Å². The molecular weight excluding hydrogens is 230 g/mol. The highest BCUT2D eigenvalue weighted by Gasteiger charge is 2.30. The van der Waals surface area contributed by atoms with Gasteiger partial charge in [0.1, 0.15) is 11.6 Å². The molecule has 0 aromatic carbocycles. The van der Waals surface area contributed by atoms with Crippen LogP contribution in [0.1, 0.15) is 38.3 Å². The zero-order valence-corrected chi connectivity index (χ0v) is 11.7. The zero-order chi connectivity index (χ0) is 13.8. The number of carbonyl (C=O) groups excluding carboxylic acids is 1.